The normalized spacial score (nSPS) is 16.9. The first kappa shape index (κ1) is 25.4. The van der Waals surface area contributed by atoms with Gasteiger partial charge in [0.2, 0.25) is 5.91 Å². The Labute approximate surface area is 186 Å². The number of hydrogen-bond acceptors (Lipinski definition) is 4. The second kappa shape index (κ2) is 11.6. The second-order valence-corrected chi connectivity index (χ2v) is 7.65. The van der Waals surface area contributed by atoms with Crippen LogP contribution in [0.5, 0.6) is 0 Å². The molecule has 0 saturated heterocycles. The van der Waals surface area contributed by atoms with Gasteiger partial charge in [0, 0.05) is 36.9 Å². The maximum absolute atomic E-state index is 12.8. The van der Waals surface area contributed by atoms with Crippen molar-refractivity contribution in [1.29, 1.82) is 0 Å². The van der Waals surface area contributed by atoms with E-state index in [4.69, 9.17) is 0 Å². The van der Waals surface area contributed by atoms with E-state index in [1.54, 1.807) is 17.9 Å². The largest absolute Gasteiger partial charge is 0.353 e. The summed E-state index contributed by atoms with van der Waals surface area (Å²) < 4.78 is 1.72. The van der Waals surface area contributed by atoms with Gasteiger partial charge in [0.15, 0.2) is 0 Å². The van der Waals surface area contributed by atoms with Gasteiger partial charge in [0.05, 0.1) is 6.20 Å². The van der Waals surface area contributed by atoms with Crippen LogP contribution in [0.3, 0.4) is 0 Å². The van der Waals surface area contributed by atoms with Crippen molar-refractivity contribution in [2.75, 3.05) is 13.6 Å². The predicted molar refractivity (Wildman–Crippen MR) is 122 cm³/mol. The number of hydrogen-bond donors (Lipinski definition) is 3. The quantitative estimate of drug-likeness (QED) is 0.587. The molecule has 0 spiro atoms. The third-order valence-electron chi connectivity index (χ3n) is 5.59. The Morgan fingerprint density at radius 3 is 2.38 bits per heavy atom. The third kappa shape index (κ3) is 6.44. The van der Waals surface area contributed by atoms with Crippen molar-refractivity contribution in [1.82, 2.24) is 25.7 Å². The number of likely N-dealkylation sites (N-methyl/N-ethyl adjacent to an activating group) is 1. The standard InChI is InChI=1S/C21H31N5O.2ClH/c1-16(17-9-5-4-6-10-17)25-21(11-7-8-12-21)15-23-20(27)19(22-2)18-13-24-26(3)14-18;;/h4-6,9-10,13-14,16,19,22,25H,7-8,11-12,15H2,1-3H3,(H,23,27);2*1H. The Hall–Kier alpha value is -1.60. The molecule has 162 valence electrons. The molecule has 0 radical (unpaired) electrons. The summed E-state index contributed by atoms with van der Waals surface area (Å²) in [6.45, 7) is 2.84. The average molecular weight is 442 g/mol. The number of nitrogens with one attached hydrogen (secondary N) is 3. The topological polar surface area (TPSA) is 71.0 Å². The lowest BCUT2D eigenvalue weighted by Crippen LogP contribution is -2.53. The van der Waals surface area contributed by atoms with E-state index < -0.39 is 0 Å². The molecule has 1 aromatic heterocycles. The lowest BCUT2D eigenvalue weighted by Gasteiger charge is -2.34. The van der Waals surface area contributed by atoms with Crippen molar-refractivity contribution in [2.24, 2.45) is 7.05 Å². The Balaban J connectivity index is 0.00000210. The molecule has 6 nitrogen and oxygen atoms in total. The van der Waals surface area contributed by atoms with Gasteiger partial charge in [-0.1, -0.05) is 43.2 Å². The third-order valence-corrected chi connectivity index (χ3v) is 5.59. The van der Waals surface area contributed by atoms with Crippen molar-refractivity contribution >= 4 is 30.7 Å². The minimum Gasteiger partial charge on any atom is -0.353 e. The van der Waals surface area contributed by atoms with Crippen LogP contribution >= 0.6 is 24.8 Å². The van der Waals surface area contributed by atoms with Gasteiger partial charge in [0.1, 0.15) is 6.04 Å². The number of rotatable bonds is 8. The van der Waals surface area contributed by atoms with Crippen molar-refractivity contribution in [3.8, 4) is 0 Å². The predicted octanol–water partition coefficient (Wildman–Crippen LogP) is 3.30. The Bertz CT molecular complexity index is 747. The molecule has 1 aliphatic carbocycles. The number of carbonyl (C=O) groups is 1. The first-order valence-corrected chi connectivity index (χ1v) is 9.79. The van der Waals surface area contributed by atoms with Crippen molar-refractivity contribution in [3.63, 3.8) is 0 Å². The van der Waals surface area contributed by atoms with Gasteiger partial charge in [-0.05, 0) is 32.4 Å². The molecule has 1 aromatic carbocycles. The summed E-state index contributed by atoms with van der Waals surface area (Å²) in [4.78, 5) is 12.8. The molecule has 1 amide bonds. The van der Waals surface area contributed by atoms with Gasteiger partial charge in [0.25, 0.3) is 0 Å². The second-order valence-electron chi connectivity index (χ2n) is 7.65. The summed E-state index contributed by atoms with van der Waals surface area (Å²) in [5.41, 5.74) is 2.11. The van der Waals surface area contributed by atoms with Gasteiger partial charge in [-0.2, -0.15) is 5.10 Å². The van der Waals surface area contributed by atoms with Crippen LogP contribution in [0.25, 0.3) is 0 Å². The molecule has 2 atom stereocenters. The first-order valence-electron chi connectivity index (χ1n) is 9.79. The fraction of sp³-hybridized carbons (Fsp3) is 0.524. The summed E-state index contributed by atoms with van der Waals surface area (Å²) in [5, 5.41) is 14.3. The molecular formula is C21H33Cl2N5O. The molecule has 3 N–H and O–H groups in total. The highest BCUT2D eigenvalue weighted by Crippen LogP contribution is 2.32. The number of halogens is 2. The molecule has 2 unspecified atom stereocenters. The molecule has 1 fully saturated rings. The molecule has 2 aromatic rings. The van der Waals surface area contributed by atoms with E-state index in [-0.39, 0.29) is 48.3 Å². The van der Waals surface area contributed by atoms with E-state index in [0.29, 0.717) is 6.54 Å². The van der Waals surface area contributed by atoms with Crippen molar-refractivity contribution in [2.45, 2.75) is 50.2 Å². The maximum atomic E-state index is 12.8. The summed E-state index contributed by atoms with van der Waals surface area (Å²) in [5.74, 6) is -0.00839. The summed E-state index contributed by atoms with van der Waals surface area (Å²) >= 11 is 0. The molecule has 1 heterocycles. The maximum Gasteiger partial charge on any atom is 0.241 e. The SMILES string of the molecule is CNC(C(=O)NCC1(NC(C)c2ccccc2)CCCC1)c1cnn(C)c1.Cl.Cl. The minimum atomic E-state index is -0.385. The lowest BCUT2D eigenvalue weighted by molar-refractivity contribution is -0.123. The number of aromatic nitrogens is 2. The Kier molecular flexibility index (Phi) is 10.1. The summed E-state index contributed by atoms with van der Waals surface area (Å²) in [7, 11) is 3.66. The van der Waals surface area contributed by atoms with Crippen LogP contribution in [0.2, 0.25) is 0 Å². The molecule has 8 heteroatoms. The van der Waals surface area contributed by atoms with Gasteiger partial charge >= 0.3 is 0 Å². The smallest absolute Gasteiger partial charge is 0.241 e. The van der Waals surface area contributed by atoms with E-state index in [1.165, 1.54) is 18.4 Å². The van der Waals surface area contributed by atoms with Crippen molar-refractivity contribution in [3.05, 3.63) is 53.9 Å². The van der Waals surface area contributed by atoms with Gasteiger partial charge < -0.3 is 16.0 Å². The van der Waals surface area contributed by atoms with Crippen LogP contribution in [0.1, 0.15) is 55.8 Å². The highest BCUT2D eigenvalue weighted by atomic mass is 35.5. The highest BCUT2D eigenvalue weighted by Gasteiger charge is 2.36. The number of aryl methyl sites for hydroxylation is 1. The zero-order valence-electron chi connectivity index (χ0n) is 17.4. The van der Waals surface area contributed by atoms with E-state index in [0.717, 1.165) is 18.4 Å². The fourth-order valence-corrected chi connectivity index (χ4v) is 4.10. The zero-order valence-corrected chi connectivity index (χ0v) is 19.0. The molecular weight excluding hydrogens is 409 g/mol. The number of benzene rings is 1. The number of nitrogens with zero attached hydrogens (tertiary/aromatic N) is 2. The van der Waals surface area contributed by atoms with E-state index in [1.807, 2.05) is 19.3 Å². The molecule has 0 bridgehead atoms. The molecule has 1 saturated carbocycles. The van der Waals surface area contributed by atoms with Crippen LogP contribution in [0, 0.1) is 0 Å². The minimum absolute atomic E-state index is 0. The van der Waals surface area contributed by atoms with Crippen LogP contribution in [0.4, 0.5) is 0 Å². The van der Waals surface area contributed by atoms with Crippen LogP contribution < -0.4 is 16.0 Å². The monoisotopic (exact) mass is 441 g/mol. The van der Waals surface area contributed by atoms with Crippen LogP contribution in [0.15, 0.2) is 42.7 Å². The van der Waals surface area contributed by atoms with Gasteiger partial charge in [-0.3, -0.25) is 9.48 Å². The first-order chi connectivity index (χ1) is 13.0. The number of carbonyl (C=O) groups excluding carboxylic acids is 1. The van der Waals surface area contributed by atoms with E-state index in [2.05, 4.69) is 52.2 Å². The Morgan fingerprint density at radius 1 is 1.17 bits per heavy atom. The van der Waals surface area contributed by atoms with Gasteiger partial charge in [-0.15, -0.1) is 24.8 Å². The average Bonchev–Trinajstić information content (AvgIpc) is 3.31. The van der Waals surface area contributed by atoms with Crippen LogP contribution in [-0.4, -0.2) is 34.8 Å². The highest BCUT2D eigenvalue weighted by molar-refractivity contribution is 5.85. The fourth-order valence-electron chi connectivity index (χ4n) is 4.10. The van der Waals surface area contributed by atoms with E-state index >= 15 is 0 Å². The van der Waals surface area contributed by atoms with Crippen LogP contribution in [-0.2, 0) is 11.8 Å². The number of amides is 1. The van der Waals surface area contributed by atoms with Crippen molar-refractivity contribution < 1.29 is 4.79 Å². The van der Waals surface area contributed by atoms with E-state index in [9.17, 15) is 4.79 Å². The summed E-state index contributed by atoms with van der Waals surface area (Å²) in [6, 6.07) is 10.3. The molecule has 3 rings (SSSR count). The molecule has 0 aliphatic heterocycles. The zero-order chi connectivity index (χ0) is 19.3. The van der Waals surface area contributed by atoms with Gasteiger partial charge in [-0.25, -0.2) is 0 Å². The summed E-state index contributed by atoms with van der Waals surface area (Å²) in [6.07, 6.45) is 8.18. The lowest BCUT2D eigenvalue weighted by atomic mass is 9.94. The molecule has 29 heavy (non-hydrogen) atoms. The Morgan fingerprint density at radius 2 is 1.83 bits per heavy atom. The molecule has 1 aliphatic rings.